The van der Waals surface area contributed by atoms with Crippen LogP contribution in [0.3, 0.4) is 0 Å². The molecule has 4 aromatic rings. The van der Waals surface area contributed by atoms with Gasteiger partial charge in [-0.05, 0) is 83.9 Å². The summed E-state index contributed by atoms with van der Waals surface area (Å²) < 4.78 is 43.5. The highest BCUT2D eigenvalue weighted by molar-refractivity contribution is 6.65. The number of rotatable bonds is 14. The second kappa shape index (κ2) is 20.8. The van der Waals surface area contributed by atoms with E-state index in [1.54, 1.807) is 14.2 Å². The molecule has 0 atom stereocenters. The molecule has 4 rings (SSSR count). The van der Waals surface area contributed by atoms with Crippen LogP contribution in [0.15, 0.2) is 97.1 Å². The Morgan fingerprint density at radius 3 is 1.07 bits per heavy atom. The number of carbonyl (C=O) groups is 1. The third-order valence-electron chi connectivity index (χ3n) is 8.65. The van der Waals surface area contributed by atoms with E-state index in [4.69, 9.17) is 36.0 Å². The van der Waals surface area contributed by atoms with Gasteiger partial charge in [-0.1, -0.05) is 95.9 Å². The van der Waals surface area contributed by atoms with Crippen LogP contribution in [0.2, 0.25) is 32.7 Å². The van der Waals surface area contributed by atoms with Gasteiger partial charge < -0.3 is 36.0 Å². The van der Waals surface area contributed by atoms with Crippen molar-refractivity contribution < 1.29 is 40.8 Å². The molecule has 12 heteroatoms. The van der Waals surface area contributed by atoms with Gasteiger partial charge in [0.05, 0.1) is 7.11 Å². The molecule has 4 aromatic carbocycles. The number of ether oxygens (including phenoxy) is 2. The second-order valence-electron chi connectivity index (χ2n) is 14.8. The number of methoxy groups -OCH3 is 1. The minimum absolute atomic E-state index is 0.138. The molecular formula is C42H62O9Si3. The highest BCUT2D eigenvalue weighted by Crippen LogP contribution is 2.35. The lowest BCUT2D eigenvalue weighted by molar-refractivity contribution is -0.131. The number of benzene rings is 4. The lowest BCUT2D eigenvalue weighted by Gasteiger charge is -2.28. The van der Waals surface area contributed by atoms with Crippen molar-refractivity contribution in [1.82, 2.24) is 0 Å². The Balaban J connectivity index is 0.000000353. The predicted octanol–water partition coefficient (Wildman–Crippen LogP) is 9.54. The number of hydrogen-bond acceptors (Lipinski definition) is 9. The van der Waals surface area contributed by atoms with E-state index < -0.39 is 17.6 Å². The summed E-state index contributed by atoms with van der Waals surface area (Å²) in [6, 6.07) is 31.8. The van der Waals surface area contributed by atoms with Crippen molar-refractivity contribution in [3.8, 4) is 23.0 Å². The van der Waals surface area contributed by atoms with Gasteiger partial charge >= 0.3 is 23.6 Å². The zero-order chi connectivity index (χ0) is 40.7. The van der Waals surface area contributed by atoms with Crippen LogP contribution in [0.5, 0.6) is 23.0 Å². The van der Waals surface area contributed by atoms with Crippen LogP contribution in [-0.2, 0) is 33.3 Å². The first-order valence-corrected chi connectivity index (χ1v) is 25.9. The van der Waals surface area contributed by atoms with Crippen molar-refractivity contribution in [2.45, 2.75) is 78.2 Å². The van der Waals surface area contributed by atoms with Crippen molar-refractivity contribution >= 4 is 32.4 Å². The van der Waals surface area contributed by atoms with Gasteiger partial charge in [0.25, 0.3) is 0 Å². The van der Waals surface area contributed by atoms with E-state index in [2.05, 4.69) is 71.6 Å². The van der Waals surface area contributed by atoms with Gasteiger partial charge in [-0.15, -0.1) is 0 Å². The summed E-state index contributed by atoms with van der Waals surface area (Å²) in [7, 11) is 2.50. The molecule has 0 saturated heterocycles. The second-order valence-corrected chi connectivity index (χ2v) is 24.1. The summed E-state index contributed by atoms with van der Waals surface area (Å²) in [6.07, 6.45) is 0. The Morgan fingerprint density at radius 2 is 0.796 bits per heavy atom. The summed E-state index contributed by atoms with van der Waals surface area (Å²) in [4.78, 5) is 10.9. The number of esters is 1. The molecule has 54 heavy (non-hydrogen) atoms. The summed E-state index contributed by atoms with van der Waals surface area (Å²) in [5, 5.41) is 0. The van der Waals surface area contributed by atoms with Crippen molar-refractivity contribution in [2.75, 3.05) is 35.5 Å². The average Bonchev–Trinajstić information content (AvgIpc) is 3.14. The van der Waals surface area contributed by atoms with Crippen molar-refractivity contribution in [1.29, 1.82) is 0 Å². The monoisotopic (exact) mass is 794 g/mol. The fourth-order valence-electron chi connectivity index (χ4n) is 5.17. The van der Waals surface area contributed by atoms with E-state index in [0.717, 1.165) is 22.6 Å². The largest absolute Gasteiger partial charge is 0.748 e. The van der Waals surface area contributed by atoms with Gasteiger partial charge in [-0.25, -0.2) is 0 Å². The molecule has 0 aliphatic carbocycles. The van der Waals surface area contributed by atoms with Gasteiger partial charge in [-0.3, -0.25) is 4.79 Å². The van der Waals surface area contributed by atoms with Gasteiger partial charge in [0.15, 0.2) is 0 Å². The Hall–Kier alpha value is -3.76. The maximum atomic E-state index is 10.9. The zero-order valence-corrected chi connectivity index (χ0v) is 38.1. The van der Waals surface area contributed by atoms with E-state index >= 15 is 0 Å². The number of carbonyl (C=O) groups excluding carboxylic acids is 1. The van der Waals surface area contributed by atoms with E-state index in [9.17, 15) is 4.79 Å². The van der Waals surface area contributed by atoms with Crippen LogP contribution in [0, 0.1) is 0 Å². The van der Waals surface area contributed by atoms with Gasteiger partial charge in [0, 0.05) is 55.0 Å². The Morgan fingerprint density at radius 1 is 0.500 bits per heavy atom. The normalized spacial score (nSPS) is 11.8. The first-order valence-electron chi connectivity index (χ1n) is 18.0. The molecule has 9 nitrogen and oxygen atoms in total. The van der Waals surface area contributed by atoms with E-state index in [-0.39, 0.29) is 25.6 Å². The van der Waals surface area contributed by atoms with Gasteiger partial charge in [-0.2, -0.15) is 0 Å². The van der Waals surface area contributed by atoms with Crippen LogP contribution >= 0.6 is 0 Å². The molecule has 296 valence electrons. The molecule has 0 radical (unpaired) electrons. The lowest BCUT2D eigenvalue weighted by Crippen LogP contribution is -2.49. The van der Waals surface area contributed by atoms with Crippen molar-refractivity contribution in [3.63, 3.8) is 0 Å². The van der Waals surface area contributed by atoms with E-state index in [1.165, 1.54) is 39.4 Å². The molecule has 0 aromatic heterocycles. The predicted molar refractivity (Wildman–Crippen MR) is 225 cm³/mol. The SMILES string of the molecule is CO[Si](C)(C)Oc1ccc(C(C)(C)c2ccc(O[Si](OC)(OC)OC)cc2)cc1.COc1ccc(C(C)(C)c2ccc(OC(C)=O)cc2)cc1.C[SiH](C)C. The number of hydrogen-bond donors (Lipinski definition) is 0. The maximum Gasteiger partial charge on any atom is 0.748 e. The quantitative estimate of drug-likeness (QED) is 0.0704. The Bertz CT molecular complexity index is 1670. The molecule has 0 saturated carbocycles. The Kier molecular flexibility index (Phi) is 17.9. The van der Waals surface area contributed by atoms with Crippen molar-refractivity contribution in [2.24, 2.45) is 0 Å². The van der Waals surface area contributed by atoms with E-state index in [0.29, 0.717) is 11.5 Å². The molecule has 0 amide bonds. The molecule has 0 heterocycles. The van der Waals surface area contributed by atoms with E-state index in [1.807, 2.05) is 85.9 Å². The fraction of sp³-hybridized carbons (Fsp3) is 0.405. The fourth-order valence-corrected chi connectivity index (χ4v) is 7.13. The lowest BCUT2D eigenvalue weighted by atomic mass is 9.78. The maximum absolute atomic E-state index is 10.9. The van der Waals surface area contributed by atoms with Gasteiger partial charge in [0.2, 0.25) is 0 Å². The zero-order valence-electron chi connectivity index (χ0n) is 35.0. The van der Waals surface area contributed by atoms with Crippen LogP contribution < -0.4 is 18.3 Å². The topological polar surface area (TPSA) is 90.9 Å². The summed E-state index contributed by atoms with van der Waals surface area (Å²) >= 11 is 0. The molecule has 0 unspecified atom stereocenters. The molecule has 0 fully saturated rings. The Labute approximate surface area is 328 Å². The smallest absolute Gasteiger partial charge is 0.520 e. The van der Waals surface area contributed by atoms with Crippen LogP contribution in [-0.4, -0.2) is 67.9 Å². The molecular weight excluding hydrogens is 733 g/mol. The third-order valence-corrected chi connectivity index (χ3v) is 12.3. The van der Waals surface area contributed by atoms with Crippen molar-refractivity contribution in [3.05, 3.63) is 119 Å². The molecule has 0 aliphatic heterocycles. The minimum atomic E-state index is -3.14. The highest BCUT2D eigenvalue weighted by atomic mass is 28.4. The van der Waals surface area contributed by atoms with Crippen LogP contribution in [0.25, 0.3) is 0 Å². The van der Waals surface area contributed by atoms with Crippen LogP contribution in [0.1, 0.15) is 56.9 Å². The summed E-state index contributed by atoms with van der Waals surface area (Å²) in [6.45, 7) is 21.0. The summed E-state index contributed by atoms with van der Waals surface area (Å²) in [5.74, 6) is 2.57. The van der Waals surface area contributed by atoms with Crippen LogP contribution in [0.4, 0.5) is 0 Å². The minimum Gasteiger partial charge on any atom is -0.520 e. The summed E-state index contributed by atoms with van der Waals surface area (Å²) in [5.41, 5.74) is 4.37. The highest BCUT2D eigenvalue weighted by Gasteiger charge is 2.45. The average molecular weight is 795 g/mol. The molecule has 0 bridgehead atoms. The molecule has 0 N–H and O–H groups in total. The standard InChI is InChI=1S/C21H32O6Si2.C18H20O3.C3H10Si/c1-21(2,17-9-13-19(14-10-17)26-28(7,8)22-3)18-11-15-20(16-12-18)27-29(23-4,24-5)25-6;1-13(19)21-17-11-7-15(8-12-17)18(2,3)14-5-9-16(20-4)10-6-14;1-4(2)3/h9-16H,1-8H3;5-12H,1-4H3;4H,1-3H3. The third kappa shape index (κ3) is 13.8. The first-order chi connectivity index (χ1) is 25.3. The van der Waals surface area contributed by atoms with Gasteiger partial charge in [0.1, 0.15) is 23.0 Å². The molecule has 0 spiro atoms. The first kappa shape index (κ1) is 46.4. The molecule has 0 aliphatic rings.